The summed E-state index contributed by atoms with van der Waals surface area (Å²) in [5.74, 6) is 1.36. The molecule has 0 bridgehead atoms. The normalized spacial score (nSPS) is 13.0. The average molecular weight is 462 g/mol. The molecule has 0 aliphatic carbocycles. The summed E-state index contributed by atoms with van der Waals surface area (Å²) < 4.78 is 38.7. The minimum atomic E-state index is -4.00. The first-order valence-corrected chi connectivity index (χ1v) is 11.4. The van der Waals surface area contributed by atoms with Crippen LogP contribution in [0.15, 0.2) is 64.6 Å². The summed E-state index contributed by atoms with van der Waals surface area (Å²) in [5, 5.41) is 9.42. The summed E-state index contributed by atoms with van der Waals surface area (Å²) in [6.45, 7) is 3.39. The number of sulfonamides is 1. The molecule has 0 aromatic heterocycles. The Morgan fingerprint density at radius 2 is 1.44 bits per heavy atom. The Balaban J connectivity index is 2.41. The fourth-order valence-corrected chi connectivity index (χ4v) is 4.01. The monoisotopic (exact) mass is 461 g/mol. The minimum absolute atomic E-state index is 0.118. The van der Waals surface area contributed by atoms with E-state index in [2.05, 4.69) is 4.99 Å². The van der Waals surface area contributed by atoms with Crippen LogP contribution in [0, 0.1) is 0 Å². The molecule has 0 spiro atoms. The molecule has 0 unspecified atom stereocenters. The fraction of sp³-hybridized carbons (Fsp3) is 0.348. The second kappa shape index (κ2) is 11.1. The zero-order valence-corrected chi connectivity index (χ0v) is 19.7. The van der Waals surface area contributed by atoms with E-state index in [0.29, 0.717) is 11.5 Å². The Morgan fingerprint density at radius 3 is 1.78 bits per heavy atom. The van der Waals surface area contributed by atoms with Crippen LogP contribution in [0.5, 0.6) is 11.5 Å². The maximum Gasteiger partial charge on any atom is 0.246 e. The van der Waals surface area contributed by atoms with E-state index >= 15 is 0 Å². The number of aliphatic hydroxyl groups is 1. The lowest BCUT2D eigenvalue weighted by molar-refractivity contribution is 0.223. The Morgan fingerprint density at radius 1 is 1.00 bits per heavy atom. The number of nitrogens with zero attached hydrogens (tertiary/aromatic N) is 2. The highest BCUT2D eigenvalue weighted by Crippen LogP contribution is 2.22. The van der Waals surface area contributed by atoms with Crippen molar-refractivity contribution in [2.75, 3.05) is 20.8 Å². The smallest absolute Gasteiger partial charge is 0.246 e. The molecule has 0 aliphatic rings. The highest BCUT2D eigenvalue weighted by Gasteiger charge is 2.27. The number of rotatable bonds is 11. The standard InChI is InChI=1S/C23H31N3O5S/c1-23(2,17-27)25-14-22(13-24)32(28,29)26(15-18-5-9-20(30-3)10-6-18)16-19-7-11-21(31-4)12-8-19/h5-14,27H,15-17,24H2,1-4H3/b22-13+,25-14?. The highest BCUT2D eigenvalue weighted by molar-refractivity contribution is 7.93. The van der Waals surface area contributed by atoms with Gasteiger partial charge in [-0.05, 0) is 49.2 Å². The number of methoxy groups -OCH3 is 2. The topological polar surface area (TPSA) is 114 Å². The van der Waals surface area contributed by atoms with Gasteiger partial charge >= 0.3 is 0 Å². The van der Waals surface area contributed by atoms with Crippen LogP contribution < -0.4 is 15.2 Å². The van der Waals surface area contributed by atoms with Crippen molar-refractivity contribution in [3.05, 3.63) is 70.8 Å². The number of hydrogen-bond acceptors (Lipinski definition) is 7. The zero-order chi connectivity index (χ0) is 23.8. The highest BCUT2D eigenvalue weighted by atomic mass is 32.2. The van der Waals surface area contributed by atoms with E-state index in [1.54, 1.807) is 52.3 Å². The summed E-state index contributed by atoms with van der Waals surface area (Å²) in [5.41, 5.74) is 6.41. The van der Waals surface area contributed by atoms with Crippen molar-refractivity contribution < 1.29 is 23.0 Å². The lowest BCUT2D eigenvalue weighted by Gasteiger charge is -2.23. The molecule has 0 heterocycles. The van der Waals surface area contributed by atoms with Gasteiger partial charge in [-0.2, -0.15) is 4.31 Å². The number of hydrogen-bond donors (Lipinski definition) is 2. The molecule has 2 aromatic carbocycles. The summed E-state index contributed by atoms with van der Waals surface area (Å²) in [6, 6.07) is 14.3. The van der Waals surface area contributed by atoms with Gasteiger partial charge in [0.1, 0.15) is 16.4 Å². The van der Waals surface area contributed by atoms with Crippen molar-refractivity contribution >= 4 is 16.2 Å². The van der Waals surface area contributed by atoms with Gasteiger partial charge in [-0.15, -0.1) is 0 Å². The molecule has 8 nitrogen and oxygen atoms in total. The predicted octanol–water partition coefficient (Wildman–Crippen LogP) is 2.68. The molecule has 2 rings (SSSR count). The van der Waals surface area contributed by atoms with Gasteiger partial charge in [-0.3, -0.25) is 4.99 Å². The van der Waals surface area contributed by atoms with Crippen molar-refractivity contribution in [2.24, 2.45) is 10.7 Å². The molecule has 0 amide bonds. The van der Waals surface area contributed by atoms with Gasteiger partial charge in [0.2, 0.25) is 10.0 Å². The fourth-order valence-electron chi connectivity index (χ4n) is 2.72. The second-order valence-corrected chi connectivity index (χ2v) is 9.70. The number of nitrogens with two attached hydrogens (primary N) is 1. The van der Waals surface area contributed by atoms with Gasteiger partial charge in [-0.1, -0.05) is 24.3 Å². The summed E-state index contributed by atoms with van der Waals surface area (Å²) in [6.07, 6.45) is 2.21. The van der Waals surface area contributed by atoms with Crippen molar-refractivity contribution in [3.8, 4) is 11.5 Å². The van der Waals surface area contributed by atoms with Crippen LogP contribution in [-0.4, -0.2) is 50.4 Å². The van der Waals surface area contributed by atoms with E-state index in [1.165, 1.54) is 10.5 Å². The lowest BCUT2D eigenvalue weighted by atomic mass is 10.1. The molecule has 0 radical (unpaired) electrons. The van der Waals surface area contributed by atoms with E-state index < -0.39 is 15.6 Å². The van der Waals surface area contributed by atoms with Gasteiger partial charge in [0, 0.05) is 25.5 Å². The van der Waals surface area contributed by atoms with E-state index in [0.717, 1.165) is 17.3 Å². The first-order chi connectivity index (χ1) is 15.1. The lowest BCUT2D eigenvalue weighted by Crippen LogP contribution is -2.32. The van der Waals surface area contributed by atoms with E-state index in [9.17, 15) is 13.5 Å². The molecule has 0 fully saturated rings. The van der Waals surface area contributed by atoms with Crippen LogP contribution in [0.3, 0.4) is 0 Å². The number of aliphatic imine (C=N–C) groups is 1. The van der Waals surface area contributed by atoms with Crippen molar-refractivity contribution in [3.63, 3.8) is 0 Å². The molecule has 0 saturated carbocycles. The quantitative estimate of drug-likeness (QED) is 0.497. The largest absolute Gasteiger partial charge is 0.497 e. The van der Waals surface area contributed by atoms with Gasteiger partial charge in [0.05, 0.1) is 26.4 Å². The van der Waals surface area contributed by atoms with E-state index in [-0.39, 0.29) is 24.6 Å². The van der Waals surface area contributed by atoms with Crippen LogP contribution in [0.25, 0.3) is 0 Å². The molecule has 3 N–H and O–H groups in total. The van der Waals surface area contributed by atoms with Crippen molar-refractivity contribution in [2.45, 2.75) is 32.5 Å². The maximum atomic E-state index is 13.5. The molecule has 174 valence electrons. The Kier molecular flexibility index (Phi) is 8.82. The third kappa shape index (κ3) is 6.81. The summed E-state index contributed by atoms with van der Waals surface area (Å²) in [4.78, 5) is 4.04. The maximum absolute atomic E-state index is 13.5. The van der Waals surface area contributed by atoms with Crippen LogP contribution in [0.1, 0.15) is 25.0 Å². The van der Waals surface area contributed by atoms with Crippen LogP contribution in [-0.2, 0) is 23.1 Å². The number of allylic oxidation sites excluding steroid dienone is 1. The predicted molar refractivity (Wildman–Crippen MR) is 126 cm³/mol. The minimum Gasteiger partial charge on any atom is -0.497 e. The Bertz CT molecular complexity index is 981. The molecular weight excluding hydrogens is 430 g/mol. The van der Waals surface area contributed by atoms with E-state index in [4.69, 9.17) is 15.2 Å². The van der Waals surface area contributed by atoms with Gasteiger partial charge in [-0.25, -0.2) is 8.42 Å². The average Bonchev–Trinajstić information content (AvgIpc) is 2.79. The Hall–Kier alpha value is -2.88. The molecule has 2 aromatic rings. The molecular formula is C23H31N3O5S. The second-order valence-electron chi connectivity index (χ2n) is 7.77. The van der Waals surface area contributed by atoms with Crippen LogP contribution >= 0.6 is 0 Å². The molecule has 0 aliphatic heterocycles. The SMILES string of the molecule is COc1ccc(CN(Cc2ccc(OC)cc2)S(=O)(=O)/C(C=NC(C)(C)CO)=C/N)cc1. The summed E-state index contributed by atoms with van der Waals surface area (Å²) >= 11 is 0. The van der Waals surface area contributed by atoms with Gasteiger partial charge in [0.15, 0.2) is 0 Å². The molecule has 9 heteroatoms. The zero-order valence-electron chi connectivity index (χ0n) is 18.9. The third-order valence-electron chi connectivity index (χ3n) is 4.77. The van der Waals surface area contributed by atoms with Gasteiger partial charge in [0.25, 0.3) is 0 Å². The molecule has 0 atom stereocenters. The number of ether oxygens (including phenoxy) is 2. The van der Waals surface area contributed by atoms with Crippen LogP contribution in [0.2, 0.25) is 0 Å². The molecule has 32 heavy (non-hydrogen) atoms. The van der Waals surface area contributed by atoms with Gasteiger partial charge < -0.3 is 20.3 Å². The Labute approximate surface area is 190 Å². The number of benzene rings is 2. The van der Waals surface area contributed by atoms with Crippen LogP contribution in [0.4, 0.5) is 0 Å². The van der Waals surface area contributed by atoms with Crippen molar-refractivity contribution in [1.82, 2.24) is 4.31 Å². The third-order valence-corrected chi connectivity index (χ3v) is 6.54. The van der Waals surface area contributed by atoms with Crippen molar-refractivity contribution in [1.29, 1.82) is 0 Å². The summed E-state index contributed by atoms with van der Waals surface area (Å²) in [7, 11) is -0.855. The van der Waals surface area contributed by atoms with E-state index in [1.807, 2.05) is 24.3 Å². The first kappa shape index (κ1) is 25.4. The first-order valence-electron chi connectivity index (χ1n) is 9.99. The number of aliphatic hydroxyl groups excluding tert-OH is 1. The molecule has 0 saturated heterocycles.